The van der Waals surface area contributed by atoms with E-state index in [1.165, 1.54) is 17.2 Å². The highest BCUT2D eigenvalue weighted by Crippen LogP contribution is 2.22. The van der Waals surface area contributed by atoms with Gasteiger partial charge >= 0.3 is 0 Å². The van der Waals surface area contributed by atoms with Gasteiger partial charge < -0.3 is 15.5 Å². The van der Waals surface area contributed by atoms with Crippen LogP contribution in [0.3, 0.4) is 0 Å². The highest BCUT2D eigenvalue weighted by atomic mass is 16.3. The van der Waals surface area contributed by atoms with Gasteiger partial charge in [-0.1, -0.05) is 0 Å². The van der Waals surface area contributed by atoms with Gasteiger partial charge in [0, 0.05) is 35.1 Å². The molecule has 130 valence electrons. The average Bonchev–Trinajstić information content (AvgIpc) is 3.24. The van der Waals surface area contributed by atoms with Gasteiger partial charge in [-0.2, -0.15) is 10.4 Å². The summed E-state index contributed by atoms with van der Waals surface area (Å²) in [5.41, 5.74) is 9.13. The van der Waals surface area contributed by atoms with Crippen LogP contribution >= 0.6 is 0 Å². The summed E-state index contributed by atoms with van der Waals surface area (Å²) in [6.07, 6.45) is 2.93. The first-order valence-electron chi connectivity index (χ1n) is 7.68. The quantitative estimate of drug-likeness (QED) is 0.492. The van der Waals surface area contributed by atoms with Crippen LogP contribution in [0.2, 0.25) is 0 Å². The Morgan fingerprint density at radius 2 is 2.19 bits per heavy atom. The minimum absolute atomic E-state index is 0.191. The number of nitriles is 1. The van der Waals surface area contributed by atoms with Crippen LogP contribution in [-0.2, 0) is 7.05 Å². The van der Waals surface area contributed by atoms with E-state index < -0.39 is 5.91 Å². The topological polar surface area (TPSA) is 134 Å². The van der Waals surface area contributed by atoms with Gasteiger partial charge in [0.15, 0.2) is 5.69 Å². The zero-order valence-electron chi connectivity index (χ0n) is 14.2. The van der Waals surface area contributed by atoms with E-state index in [0.29, 0.717) is 33.8 Å². The van der Waals surface area contributed by atoms with E-state index in [0.717, 1.165) is 0 Å². The molecule has 0 atom stereocenters. The molecule has 0 aliphatic rings. The molecule has 0 bridgehead atoms. The highest BCUT2D eigenvalue weighted by molar-refractivity contribution is 6.14. The number of aryl methyl sites for hydroxylation is 1. The normalized spacial score (nSPS) is 10.3. The summed E-state index contributed by atoms with van der Waals surface area (Å²) in [4.78, 5) is 12.6. The van der Waals surface area contributed by atoms with Crippen LogP contribution in [0, 0.1) is 23.7 Å². The van der Waals surface area contributed by atoms with Crippen LogP contribution in [0.4, 0.5) is 11.4 Å². The largest absolute Gasteiger partial charge is 0.472 e. The molecule has 0 radical (unpaired) electrons. The van der Waals surface area contributed by atoms with Gasteiger partial charge in [-0.15, -0.1) is 0 Å². The molecular formula is C18H16N6O2. The Morgan fingerprint density at radius 3 is 2.81 bits per heavy atom. The van der Waals surface area contributed by atoms with Gasteiger partial charge in [-0.25, -0.2) is 0 Å². The van der Waals surface area contributed by atoms with E-state index in [9.17, 15) is 4.79 Å². The Bertz CT molecular complexity index is 1040. The first-order chi connectivity index (χ1) is 12.4. The van der Waals surface area contributed by atoms with Crippen LogP contribution in [0.25, 0.3) is 0 Å². The summed E-state index contributed by atoms with van der Waals surface area (Å²) >= 11 is 0. The molecular weight excluding hydrogens is 332 g/mol. The molecule has 2 aromatic heterocycles. The van der Waals surface area contributed by atoms with Crippen LogP contribution in [-0.4, -0.2) is 21.4 Å². The van der Waals surface area contributed by atoms with Gasteiger partial charge in [-0.05, 0) is 31.2 Å². The van der Waals surface area contributed by atoms with E-state index in [1.54, 1.807) is 38.2 Å². The number of nitrogens with two attached hydrogens (primary N) is 1. The maximum Gasteiger partial charge on any atom is 0.274 e. The monoisotopic (exact) mass is 348 g/mol. The zero-order chi connectivity index (χ0) is 18.8. The fourth-order valence-corrected chi connectivity index (χ4v) is 2.66. The summed E-state index contributed by atoms with van der Waals surface area (Å²) in [6, 6.07) is 8.51. The Labute approximate surface area is 149 Å². The van der Waals surface area contributed by atoms with Gasteiger partial charge in [0.25, 0.3) is 5.91 Å². The maximum atomic E-state index is 12.6. The summed E-state index contributed by atoms with van der Waals surface area (Å²) in [5, 5.41) is 24.1. The number of amides is 1. The number of furan rings is 1. The average molecular weight is 348 g/mol. The lowest BCUT2D eigenvalue weighted by Crippen LogP contribution is -2.17. The third-order valence-electron chi connectivity index (χ3n) is 4.00. The van der Waals surface area contributed by atoms with Gasteiger partial charge in [0.05, 0.1) is 18.2 Å². The van der Waals surface area contributed by atoms with Crippen LogP contribution in [0.1, 0.15) is 32.9 Å². The van der Waals surface area contributed by atoms with Crippen molar-refractivity contribution in [2.45, 2.75) is 6.92 Å². The van der Waals surface area contributed by atoms with Crippen LogP contribution in [0.15, 0.2) is 41.2 Å². The second-order valence-electron chi connectivity index (χ2n) is 5.70. The van der Waals surface area contributed by atoms with Crippen molar-refractivity contribution in [3.8, 4) is 6.07 Å². The minimum Gasteiger partial charge on any atom is -0.472 e. The molecule has 4 N–H and O–H groups in total. The van der Waals surface area contributed by atoms with Gasteiger partial charge in [0.1, 0.15) is 11.8 Å². The number of aromatic nitrogens is 2. The highest BCUT2D eigenvalue weighted by Gasteiger charge is 2.19. The van der Waals surface area contributed by atoms with Crippen molar-refractivity contribution >= 4 is 23.0 Å². The molecule has 8 nitrogen and oxygen atoms in total. The van der Waals surface area contributed by atoms with Crippen LogP contribution in [0.5, 0.6) is 0 Å². The molecule has 8 heteroatoms. The fourth-order valence-electron chi connectivity index (χ4n) is 2.66. The predicted molar refractivity (Wildman–Crippen MR) is 96.1 cm³/mol. The summed E-state index contributed by atoms with van der Waals surface area (Å²) < 4.78 is 6.37. The van der Waals surface area contributed by atoms with Crippen molar-refractivity contribution < 1.29 is 9.21 Å². The number of benzene rings is 1. The molecule has 0 saturated carbocycles. The number of nitrogens with zero attached hydrogens (tertiary/aromatic N) is 3. The number of rotatable bonds is 4. The summed E-state index contributed by atoms with van der Waals surface area (Å²) in [5.74, 6) is -0.399. The number of carbonyl (C=O) groups excluding carboxylic acids is 1. The third kappa shape index (κ3) is 2.93. The smallest absolute Gasteiger partial charge is 0.274 e. The van der Waals surface area contributed by atoms with E-state index >= 15 is 0 Å². The van der Waals surface area contributed by atoms with Crippen molar-refractivity contribution in [1.29, 1.82) is 10.7 Å². The van der Waals surface area contributed by atoms with E-state index in [-0.39, 0.29) is 11.4 Å². The van der Waals surface area contributed by atoms with E-state index in [1.807, 2.05) is 6.07 Å². The standard InChI is InChI=1S/C18H16N6O2/c1-10-15(8-19)23-24(2)17(10)18(25)22-12-3-4-14(20)13(7-12)16(21)11-5-6-26-9-11/h3-7,9,21H,20H2,1-2H3,(H,22,25). The molecule has 3 rings (SSSR count). The first-order valence-corrected chi connectivity index (χ1v) is 7.68. The number of nitrogen functional groups attached to an aromatic ring is 1. The molecule has 0 unspecified atom stereocenters. The molecule has 0 spiro atoms. The predicted octanol–water partition coefficient (Wildman–Crippen LogP) is 2.44. The second kappa shape index (κ2) is 6.57. The molecule has 1 amide bonds. The van der Waals surface area contributed by atoms with Crippen molar-refractivity contribution in [1.82, 2.24) is 9.78 Å². The number of anilines is 2. The second-order valence-corrected chi connectivity index (χ2v) is 5.70. The summed E-state index contributed by atoms with van der Waals surface area (Å²) in [6.45, 7) is 1.67. The lowest BCUT2D eigenvalue weighted by Gasteiger charge is -2.11. The third-order valence-corrected chi connectivity index (χ3v) is 4.00. The molecule has 26 heavy (non-hydrogen) atoms. The van der Waals surface area contributed by atoms with E-state index in [4.69, 9.17) is 20.8 Å². The minimum atomic E-state index is -0.399. The van der Waals surface area contributed by atoms with E-state index in [2.05, 4.69) is 10.4 Å². The number of carbonyl (C=O) groups is 1. The van der Waals surface area contributed by atoms with Crippen molar-refractivity contribution in [3.63, 3.8) is 0 Å². The molecule has 2 heterocycles. The summed E-state index contributed by atoms with van der Waals surface area (Å²) in [7, 11) is 1.60. The lowest BCUT2D eigenvalue weighted by atomic mass is 10.0. The number of hydrogen-bond acceptors (Lipinski definition) is 6. The van der Waals surface area contributed by atoms with Crippen LogP contribution < -0.4 is 11.1 Å². The molecule has 0 saturated heterocycles. The molecule has 0 aliphatic carbocycles. The lowest BCUT2D eigenvalue weighted by molar-refractivity contribution is 0.101. The molecule has 3 aromatic rings. The SMILES string of the molecule is Cc1c(C#N)nn(C)c1C(=O)Nc1ccc(N)c(C(=N)c2ccoc2)c1. The fraction of sp³-hybridized carbons (Fsp3) is 0.111. The van der Waals surface area contributed by atoms with Gasteiger partial charge in [0.2, 0.25) is 0 Å². The molecule has 0 fully saturated rings. The Kier molecular flexibility index (Phi) is 4.29. The Morgan fingerprint density at radius 1 is 1.42 bits per heavy atom. The maximum absolute atomic E-state index is 12.6. The number of nitrogens with one attached hydrogen (secondary N) is 2. The molecule has 1 aromatic carbocycles. The van der Waals surface area contributed by atoms with Crippen molar-refractivity contribution in [2.75, 3.05) is 11.1 Å². The molecule has 0 aliphatic heterocycles. The zero-order valence-corrected chi connectivity index (χ0v) is 14.2. The number of hydrogen-bond donors (Lipinski definition) is 3. The Hall–Kier alpha value is -3.86. The van der Waals surface area contributed by atoms with Crippen molar-refractivity contribution in [3.05, 3.63) is 64.9 Å². The Balaban J connectivity index is 1.91. The van der Waals surface area contributed by atoms with Crippen molar-refractivity contribution in [2.24, 2.45) is 7.05 Å². The first kappa shape index (κ1) is 17.0. The van der Waals surface area contributed by atoms with Gasteiger partial charge in [-0.3, -0.25) is 14.9 Å².